The van der Waals surface area contributed by atoms with Crippen LogP contribution in [0.5, 0.6) is 0 Å². The van der Waals surface area contributed by atoms with Crippen LogP contribution in [0.25, 0.3) is 0 Å². The molecule has 0 spiro atoms. The van der Waals surface area contributed by atoms with Gasteiger partial charge in [-0.25, -0.2) is 0 Å². The van der Waals surface area contributed by atoms with Gasteiger partial charge in [-0.05, 0) is 58.9 Å². The Balaban J connectivity index is 2.61. The minimum atomic E-state index is -0.813. The molecule has 0 aromatic rings. The van der Waals surface area contributed by atoms with Crippen LogP contribution in [0.1, 0.15) is 46.5 Å². The van der Waals surface area contributed by atoms with Gasteiger partial charge in [0.15, 0.2) is 0 Å². The molecule has 1 fully saturated rings. The fraction of sp³-hybridized carbons (Fsp3) is 0.706. The van der Waals surface area contributed by atoms with Gasteiger partial charge in [0.1, 0.15) is 0 Å². The molecule has 1 saturated carbocycles. The van der Waals surface area contributed by atoms with Crippen LogP contribution in [0.2, 0.25) is 0 Å². The molecule has 0 bridgehead atoms. The predicted molar refractivity (Wildman–Crippen MR) is 86.2 cm³/mol. The molecule has 5 atom stereocenters. The van der Waals surface area contributed by atoms with Crippen molar-refractivity contribution in [3.63, 3.8) is 0 Å². The third-order valence-corrected chi connectivity index (χ3v) is 5.99. The first-order chi connectivity index (χ1) is 9.84. The average molecular weight is 290 g/mol. The summed E-state index contributed by atoms with van der Waals surface area (Å²) < 4.78 is 0. The van der Waals surface area contributed by atoms with Crippen LogP contribution < -0.4 is 0 Å². The number of carboxylic acids is 1. The predicted octanol–water partition coefficient (Wildman–Crippen LogP) is 3.37. The fourth-order valence-electron chi connectivity index (χ4n) is 4.40. The summed E-state index contributed by atoms with van der Waals surface area (Å²) in [5, 5.41) is 9.55. The average Bonchev–Trinajstić information content (AvgIpc) is 2.48. The summed E-state index contributed by atoms with van der Waals surface area (Å²) in [6.07, 6.45) is 5.78. The van der Waals surface area contributed by atoms with E-state index in [2.05, 4.69) is 43.3 Å². The molecule has 4 nitrogen and oxygen atoms in total. The second kappa shape index (κ2) is 5.39. The van der Waals surface area contributed by atoms with Gasteiger partial charge in [-0.2, -0.15) is 0 Å². The van der Waals surface area contributed by atoms with Crippen LogP contribution >= 0.6 is 0 Å². The first kappa shape index (κ1) is 15.9. The van der Waals surface area contributed by atoms with Crippen molar-refractivity contribution in [2.24, 2.45) is 27.7 Å². The number of fused-ring (bicyclic) bond motifs is 1. The SMILES string of the molecule is C=N[C@@]1(C(C)C(=O)O)CC[C@@H](C)[C@]2(N=C)CCC(C)=CC12. The van der Waals surface area contributed by atoms with Crippen molar-refractivity contribution < 1.29 is 9.90 Å². The minimum Gasteiger partial charge on any atom is -0.481 e. The highest BCUT2D eigenvalue weighted by molar-refractivity contribution is 5.72. The number of aliphatic imine (C=N–C) groups is 2. The van der Waals surface area contributed by atoms with Gasteiger partial charge in [0.05, 0.1) is 17.0 Å². The van der Waals surface area contributed by atoms with E-state index in [4.69, 9.17) is 0 Å². The zero-order chi connectivity index (χ0) is 15.8. The summed E-state index contributed by atoms with van der Waals surface area (Å²) in [6, 6.07) is 0. The molecule has 2 rings (SSSR count). The van der Waals surface area contributed by atoms with Crippen molar-refractivity contribution in [3.05, 3.63) is 11.6 Å². The van der Waals surface area contributed by atoms with E-state index in [0.717, 1.165) is 25.7 Å². The first-order valence-corrected chi connectivity index (χ1v) is 7.70. The first-order valence-electron chi connectivity index (χ1n) is 7.70. The quantitative estimate of drug-likeness (QED) is 0.637. The molecular formula is C17H26N2O2. The number of nitrogens with zero attached hydrogens (tertiary/aromatic N) is 2. The van der Waals surface area contributed by atoms with Crippen molar-refractivity contribution in [2.45, 2.75) is 57.5 Å². The summed E-state index contributed by atoms with van der Waals surface area (Å²) in [5.41, 5.74) is 0.308. The molecule has 2 aliphatic rings. The zero-order valence-electron chi connectivity index (χ0n) is 13.3. The van der Waals surface area contributed by atoms with Crippen LogP contribution in [0.4, 0.5) is 0 Å². The number of rotatable bonds is 4. The standard InChI is InChI=1S/C17H26N2O2/c1-11-6-8-16(18-4)12(2)7-9-17(19-5,14(16)10-11)13(3)15(20)21/h10,12-14H,4-9H2,1-3H3,(H,20,21)/t12-,13?,14?,16-,17-/m1/s1. The Morgan fingerprint density at radius 3 is 2.62 bits per heavy atom. The molecule has 21 heavy (non-hydrogen) atoms. The molecule has 0 aliphatic heterocycles. The van der Waals surface area contributed by atoms with E-state index in [1.165, 1.54) is 5.57 Å². The van der Waals surface area contributed by atoms with E-state index >= 15 is 0 Å². The van der Waals surface area contributed by atoms with Gasteiger partial charge in [-0.15, -0.1) is 0 Å². The Bertz CT molecular complexity index is 499. The van der Waals surface area contributed by atoms with Crippen molar-refractivity contribution in [1.29, 1.82) is 0 Å². The molecule has 0 heterocycles. The number of aliphatic carboxylic acids is 1. The highest BCUT2D eigenvalue weighted by atomic mass is 16.4. The Hall–Kier alpha value is -1.45. The molecule has 1 N–H and O–H groups in total. The molecule has 0 saturated heterocycles. The molecule has 2 unspecified atom stereocenters. The number of hydrogen-bond donors (Lipinski definition) is 1. The summed E-state index contributed by atoms with van der Waals surface area (Å²) in [4.78, 5) is 20.5. The number of hydrogen-bond acceptors (Lipinski definition) is 3. The Kier molecular flexibility index (Phi) is 4.09. The molecule has 0 radical (unpaired) electrons. The molecule has 2 aliphatic carbocycles. The van der Waals surface area contributed by atoms with Gasteiger partial charge < -0.3 is 5.11 Å². The Morgan fingerprint density at radius 2 is 2.10 bits per heavy atom. The second-order valence-electron chi connectivity index (χ2n) is 6.79. The maximum Gasteiger partial charge on any atom is 0.308 e. The van der Waals surface area contributed by atoms with Crippen LogP contribution in [0.15, 0.2) is 21.6 Å². The van der Waals surface area contributed by atoms with E-state index in [9.17, 15) is 9.90 Å². The normalized spacial score (nSPS) is 40.6. The monoisotopic (exact) mass is 290 g/mol. The van der Waals surface area contributed by atoms with Crippen molar-refractivity contribution in [3.8, 4) is 0 Å². The fourth-order valence-corrected chi connectivity index (χ4v) is 4.40. The highest BCUT2D eigenvalue weighted by Crippen LogP contribution is 2.56. The van der Waals surface area contributed by atoms with Gasteiger partial charge in [0, 0.05) is 5.92 Å². The van der Waals surface area contributed by atoms with Gasteiger partial charge >= 0.3 is 5.97 Å². The Morgan fingerprint density at radius 1 is 1.43 bits per heavy atom. The lowest BCUT2D eigenvalue weighted by atomic mass is 9.52. The zero-order valence-corrected chi connectivity index (χ0v) is 13.3. The molecule has 0 aromatic heterocycles. The lowest BCUT2D eigenvalue weighted by Crippen LogP contribution is -2.61. The minimum absolute atomic E-state index is 0.0244. The van der Waals surface area contributed by atoms with Crippen LogP contribution in [-0.4, -0.2) is 35.6 Å². The van der Waals surface area contributed by atoms with Gasteiger partial charge in [-0.1, -0.05) is 18.6 Å². The largest absolute Gasteiger partial charge is 0.481 e. The third-order valence-electron chi connectivity index (χ3n) is 5.99. The smallest absolute Gasteiger partial charge is 0.308 e. The van der Waals surface area contributed by atoms with E-state index in [1.54, 1.807) is 6.92 Å². The van der Waals surface area contributed by atoms with Crippen molar-refractivity contribution >= 4 is 19.4 Å². The molecule has 4 heteroatoms. The molecule has 0 amide bonds. The summed E-state index contributed by atoms with van der Waals surface area (Å²) in [6.45, 7) is 13.7. The molecule has 116 valence electrons. The maximum atomic E-state index is 11.6. The summed E-state index contributed by atoms with van der Waals surface area (Å²) >= 11 is 0. The third kappa shape index (κ3) is 2.16. The van der Waals surface area contributed by atoms with E-state index in [0.29, 0.717) is 5.92 Å². The summed E-state index contributed by atoms with van der Waals surface area (Å²) in [5.74, 6) is -1.02. The van der Waals surface area contributed by atoms with Crippen molar-refractivity contribution in [1.82, 2.24) is 0 Å². The second-order valence-corrected chi connectivity index (χ2v) is 6.79. The van der Waals surface area contributed by atoms with E-state index < -0.39 is 17.4 Å². The van der Waals surface area contributed by atoms with Gasteiger partial charge in [-0.3, -0.25) is 14.8 Å². The number of carbonyl (C=O) groups is 1. The van der Waals surface area contributed by atoms with Crippen LogP contribution in [0, 0.1) is 17.8 Å². The molecule has 0 aromatic carbocycles. The van der Waals surface area contributed by atoms with Gasteiger partial charge in [0.2, 0.25) is 0 Å². The summed E-state index contributed by atoms with van der Waals surface area (Å²) in [7, 11) is 0. The van der Waals surface area contributed by atoms with Gasteiger partial charge in [0.25, 0.3) is 0 Å². The Labute approximate surface area is 127 Å². The lowest BCUT2D eigenvalue weighted by molar-refractivity contribution is -0.145. The van der Waals surface area contributed by atoms with Crippen molar-refractivity contribution in [2.75, 3.05) is 0 Å². The van der Waals surface area contributed by atoms with Crippen LogP contribution in [-0.2, 0) is 4.79 Å². The van der Waals surface area contributed by atoms with Crippen LogP contribution in [0.3, 0.4) is 0 Å². The lowest BCUT2D eigenvalue weighted by Gasteiger charge is -2.56. The number of allylic oxidation sites excluding steroid dienone is 1. The number of carboxylic acid groups (broad SMARTS) is 1. The van der Waals surface area contributed by atoms with E-state index in [-0.39, 0.29) is 11.5 Å². The topological polar surface area (TPSA) is 62.0 Å². The highest BCUT2D eigenvalue weighted by Gasteiger charge is 2.59. The van der Waals surface area contributed by atoms with E-state index in [1.807, 2.05) is 0 Å². The maximum absolute atomic E-state index is 11.6. The molecular weight excluding hydrogens is 264 g/mol.